The molecule has 0 saturated heterocycles. The molecule has 0 radical (unpaired) electrons. The van der Waals surface area contributed by atoms with E-state index in [0.29, 0.717) is 5.56 Å². The van der Waals surface area contributed by atoms with E-state index in [9.17, 15) is 4.79 Å². The lowest BCUT2D eigenvalue weighted by Crippen LogP contribution is -2.13. The fourth-order valence-corrected chi connectivity index (χ4v) is 2.93. The number of nitrogens with one attached hydrogen (secondary N) is 1. The van der Waals surface area contributed by atoms with Gasteiger partial charge in [0.15, 0.2) is 0 Å². The van der Waals surface area contributed by atoms with Crippen molar-refractivity contribution >= 4 is 22.2 Å². The summed E-state index contributed by atoms with van der Waals surface area (Å²) in [5.41, 5.74) is 2.25. The third kappa shape index (κ3) is 1.45. The highest BCUT2D eigenvalue weighted by molar-refractivity contribution is 7.12. The van der Waals surface area contributed by atoms with Crippen molar-refractivity contribution in [1.82, 2.24) is 14.8 Å². The zero-order chi connectivity index (χ0) is 12.8. The second-order valence-corrected chi connectivity index (χ2v) is 5.19. The van der Waals surface area contributed by atoms with E-state index in [4.69, 9.17) is 0 Å². The Morgan fingerprint density at radius 1 is 1.16 bits per heavy atom. The molecule has 0 spiro atoms. The Labute approximate surface area is 112 Å². The van der Waals surface area contributed by atoms with Crippen molar-refractivity contribution in [3.8, 4) is 16.3 Å². The van der Waals surface area contributed by atoms with Gasteiger partial charge in [-0.2, -0.15) is 9.78 Å². The number of rotatable bonds is 1. The number of benzene rings is 1. The fraction of sp³-hybridized carbons (Fsp3) is 0. The molecule has 1 aromatic carbocycles. The second-order valence-electron chi connectivity index (χ2n) is 4.26. The summed E-state index contributed by atoms with van der Waals surface area (Å²) in [4.78, 5) is 15.5. The lowest BCUT2D eigenvalue weighted by molar-refractivity contribution is 0.875. The second kappa shape index (κ2) is 3.80. The Balaban J connectivity index is 2.14. The van der Waals surface area contributed by atoms with E-state index >= 15 is 0 Å². The first-order chi connectivity index (χ1) is 9.34. The molecule has 0 amide bonds. The summed E-state index contributed by atoms with van der Waals surface area (Å²) in [6.07, 6.45) is 1.73. The molecule has 3 heterocycles. The van der Waals surface area contributed by atoms with Gasteiger partial charge in [-0.3, -0.25) is 4.79 Å². The number of pyridine rings is 1. The third-order valence-electron chi connectivity index (χ3n) is 3.15. The molecular weight excluding hydrogens is 258 g/mol. The number of aromatic amines is 1. The molecule has 0 atom stereocenters. The summed E-state index contributed by atoms with van der Waals surface area (Å²) in [7, 11) is 0. The SMILES string of the molecule is O=c1c2c[nH]c3ccccc3c-2nn1-c1cccs1. The molecule has 2 aromatic rings. The van der Waals surface area contributed by atoms with Gasteiger partial charge in [-0.15, -0.1) is 11.3 Å². The van der Waals surface area contributed by atoms with Gasteiger partial charge in [0.05, 0.1) is 5.56 Å². The summed E-state index contributed by atoms with van der Waals surface area (Å²) in [6, 6.07) is 11.7. The van der Waals surface area contributed by atoms with Crippen molar-refractivity contribution in [3.63, 3.8) is 0 Å². The topological polar surface area (TPSA) is 50.7 Å². The van der Waals surface area contributed by atoms with Gasteiger partial charge in [-0.25, -0.2) is 0 Å². The molecular formula is C14H9N3OS. The number of fused-ring (bicyclic) bond motifs is 3. The van der Waals surface area contributed by atoms with Crippen LogP contribution in [0.15, 0.2) is 52.8 Å². The molecule has 0 bridgehead atoms. The van der Waals surface area contributed by atoms with Crippen LogP contribution in [0.1, 0.15) is 0 Å². The van der Waals surface area contributed by atoms with Gasteiger partial charge >= 0.3 is 0 Å². The molecule has 0 unspecified atom stereocenters. The summed E-state index contributed by atoms with van der Waals surface area (Å²) >= 11 is 1.50. The highest BCUT2D eigenvalue weighted by atomic mass is 32.1. The Morgan fingerprint density at radius 3 is 2.89 bits per heavy atom. The summed E-state index contributed by atoms with van der Waals surface area (Å²) in [5, 5.41) is 8.22. The highest BCUT2D eigenvalue weighted by Crippen LogP contribution is 2.26. The van der Waals surface area contributed by atoms with E-state index in [1.807, 2.05) is 41.8 Å². The van der Waals surface area contributed by atoms with Gasteiger partial charge in [0, 0.05) is 17.1 Å². The van der Waals surface area contributed by atoms with Crippen LogP contribution < -0.4 is 5.56 Å². The molecule has 92 valence electrons. The standard InChI is InChI=1S/C14H9N3OS/c18-14-10-8-15-11-5-2-1-4-9(11)13(10)16-17(14)12-6-3-7-19-12/h1-8,15H. The van der Waals surface area contributed by atoms with Crippen LogP contribution in [0.3, 0.4) is 0 Å². The van der Waals surface area contributed by atoms with Crippen LogP contribution in [-0.2, 0) is 0 Å². The average Bonchev–Trinajstić information content (AvgIpc) is 3.07. The quantitative estimate of drug-likeness (QED) is 0.576. The maximum absolute atomic E-state index is 12.4. The van der Waals surface area contributed by atoms with Crippen molar-refractivity contribution in [2.24, 2.45) is 0 Å². The van der Waals surface area contributed by atoms with Gasteiger partial charge in [-0.05, 0) is 23.6 Å². The summed E-state index contributed by atoms with van der Waals surface area (Å²) in [5.74, 6) is 0. The maximum atomic E-state index is 12.4. The first-order valence-corrected chi connectivity index (χ1v) is 6.75. The fourth-order valence-electron chi connectivity index (χ4n) is 2.25. The van der Waals surface area contributed by atoms with Crippen molar-refractivity contribution in [2.75, 3.05) is 0 Å². The number of nitrogens with zero attached hydrogens (tertiary/aromatic N) is 2. The molecule has 19 heavy (non-hydrogen) atoms. The molecule has 2 aliphatic rings. The van der Waals surface area contributed by atoms with E-state index in [2.05, 4.69) is 10.1 Å². The summed E-state index contributed by atoms with van der Waals surface area (Å²) < 4.78 is 1.47. The zero-order valence-corrected chi connectivity index (χ0v) is 10.6. The van der Waals surface area contributed by atoms with E-state index in [0.717, 1.165) is 21.6 Å². The Bertz CT molecular complexity index is 889. The van der Waals surface area contributed by atoms with Crippen LogP contribution in [0.4, 0.5) is 0 Å². The molecule has 2 aliphatic heterocycles. The van der Waals surface area contributed by atoms with Crippen LogP contribution in [0.5, 0.6) is 0 Å². The predicted octanol–water partition coefficient (Wildman–Crippen LogP) is 2.88. The number of hydrogen-bond donors (Lipinski definition) is 1. The van der Waals surface area contributed by atoms with E-state index in [1.54, 1.807) is 6.20 Å². The Kier molecular flexibility index (Phi) is 2.10. The third-order valence-corrected chi connectivity index (χ3v) is 3.99. The van der Waals surface area contributed by atoms with E-state index < -0.39 is 0 Å². The minimum Gasteiger partial charge on any atom is -0.360 e. The molecule has 5 heteroatoms. The van der Waals surface area contributed by atoms with Crippen molar-refractivity contribution in [1.29, 1.82) is 0 Å². The van der Waals surface area contributed by atoms with Gasteiger partial charge in [0.2, 0.25) is 0 Å². The molecule has 1 aromatic heterocycles. The minimum absolute atomic E-state index is 0.0838. The van der Waals surface area contributed by atoms with Crippen LogP contribution in [0, 0.1) is 0 Å². The number of H-pyrrole nitrogens is 1. The average molecular weight is 267 g/mol. The number of para-hydroxylation sites is 1. The smallest absolute Gasteiger partial charge is 0.283 e. The van der Waals surface area contributed by atoms with Crippen molar-refractivity contribution in [3.05, 3.63) is 58.3 Å². The first kappa shape index (κ1) is 10.5. The highest BCUT2D eigenvalue weighted by Gasteiger charge is 2.18. The Hall–Kier alpha value is -2.40. The van der Waals surface area contributed by atoms with Crippen LogP contribution in [0.25, 0.3) is 27.2 Å². The van der Waals surface area contributed by atoms with Crippen molar-refractivity contribution in [2.45, 2.75) is 0 Å². The lowest BCUT2D eigenvalue weighted by Gasteiger charge is -2.01. The van der Waals surface area contributed by atoms with E-state index in [-0.39, 0.29) is 5.56 Å². The number of thiophene rings is 1. The van der Waals surface area contributed by atoms with Crippen LogP contribution in [-0.4, -0.2) is 14.8 Å². The largest absolute Gasteiger partial charge is 0.360 e. The van der Waals surface area contributed by atoms with Gasteiger partial charge in [-0.1, -0.05) is 18.2 Å². The minimum atomic E-state index is -0.0838. The zero-order valence-electron chi connectivity index (χ0n) is 9.83. The number of aromatic nitrogens is 3. The van der Waals surface area contributed by atoms with Crippen LogP contribution >= 0.6 is 11.3 Å². The Morgan fingerprint density at radius 2 is 2.05 bits per heavy atom. The predicted molar refractivity (Wildman–Crippen MR) is 76.2 cm³/mol. The van der Waals surface area contributed by atoms with E-state index in [1.165, 1.54) is 16.0 Å². The van der Waals surface area contributed by atoms with Gasteiger partial charge < -0.3 is 4.98 Å². The maximum Gasteiger partial charge on any atom is 0.283 e. The number of hydrogen-bond acceptors (Lipinski definition) is 3. The molecule has 1 N–H and O–H groups in total. The van der Waals surface area contributed by atoms with Gasteiger partial charge in [0.1, 0.15) is 10.7 Å². The lowest BCUT2D eigenvalue weighted by atomic mass is 10.1. The molecule has 0 saturated carbocycles. The van der Waals surface area contributed by atoms with Gasteiger partial charge in [0.25, 0.3) is 5.56 Å². The first-order valence-electron chi connectivity index (χ1n) is 5.87. The monoisotopic (exact) mass is 267 g/mol. The molecule has 4 rings (SSSR count). The molecule has 0 aliphatic carbocycles. The summed E-state index contributed by atoms with van der Waals surface area (Å²) in [6.45, 7) is 0. The molecule has 4 nitrogen and oxygen atoms in total. The normalized spacial score (nSPS) is 11.4. The van der Waals surface area contributed by atoms with Crippen molar-refractivity contribution < 1.29 is 0 Å². The van der Waals surface area contributed by atoms with Crippen LogP contribution in [0.2, 0.25) is 0 Å². The molecule has 0 fully saturated rings.